The van der Waals surface area contributed by atoms with Gasteiger partial charge in [-0.1, -0.05) is 6.92 Å². The second-order valence-electron chi connectivity index (χ2n) is 6.35. The van der Waals surface area contributed by atoms with Crippen molar-refractivity contribution in [1.82, 2.24) is 15.3 Å². The minimum Gasteiger partial charge on any atom is -0.393 e. The fraction of sp³-hybridized carbons (Fsp3) is 0.500. The lowest BCUT2D eigenvalue weighted by atomic mass is 9.93. The molecule has 1 amide bonds. The molecule has 0 bridgehead atoms. The van der Waals surface area contributed by atoms with E-state index in [0.29, 0.717) is 18.2 Å². The number of nitrogens with one attached hydrogen (secondary N) is 2. The van der Waals surface area contributed by atoms with E-state index in [0.717, 1.165) is 48.6 Å². The first-order valence-corrected chi connectivity index (χ1v) is 9.64. The van der Waals surface area contributed by atoms with E-state index in [4.69, 9.17) is 0 Å². The molecule has 0 spiro atoms. The van der Waals surface area contributed by atoms with E-state index in [2.05, 4.69) is 27.5 Å². The molecule has 1 fully saturated rings. The third-order valence-electron chi connectivity index (χ3n) is 4.44. The molecule has 1 aliphatic rings. The predicted molar refractivity (Wildman–Crippen MR) is 98.8 cm³/mol. The Morgan fingerprint density at radius 3 is 2.76 bits per heavy atom. The van der Waals surface area contributed by atoms with Gasteiger partial charge in [-0.25, -0.2) is 9.97 Å². The second-order valence-corrected chi connectivity index (χ2v) is 7.29. The first kappa shape index (κ1) is 17.8. The number of hydrogen-bond donors (Lipinski definition) is 3. The number of rotatable bonds is 6. The van der Waals surface area contributed by atoms with E-state index in [1.165, 1.54) is 0 Å². The molecule has 7 heteroatoms. The minimum absolute atomic E-state index is 0.145. The molecule has 1 aliphatic carbocycles. The van der Waals surface area contributed by atoms with Crippen LogP contribution in [0.15, 0.2) is 23.7 Å². The van der Waals surface area contributed by atoms with Crippen LogP contribution < -0.4 is 10.6 Å². The number of pyridine rings is 1. The molecule has 0 atom stereocenters. The molecule has 2 aromatic rings. The van der Waals surface area contributed by atoms with Crippen molar-refractivity contribution in [3.05, 3.63) is 40.0 Å². The van der Waals surface area contributed by atoms with Crippen LogP contribution in [-0.2, 0) is 13.0 Å². The van der Waals surface area contributed by atoms with Crippen molar-refractivity contribution in [3.63, 3.8) is 0 Å². The largest absolute Gasteiger partial charge is 0.393 e. The Bertz CT molecular complexity index is 693. The van der Waals surface area contributed by atoms with Gasteiger partial charge >= 0.3 is 0 Å². The van der Waals surface area contributed by atoms with Gasteiger partial charge in [-0.2, -0.15) is 0 Å². The van der Waals surface area contributed by atoms with Crippen LogP contribution in [0.25, 0.3) is 0 Å². The maximum absolute atomic E-state index is 12.2. The highest BCUT2D eigenvalue weighted by Crippen LogP contribution is 2.21. The van der Waals surface area contributed by atoms with E-state index < -0.39 is 0 Å². The molecule has 25 heavy (non-hydrogen) atoms. The summed E-state index contributed by atoms with van der Waals surface area (Å²) in [6.45, 7) is 2.50. The highest BCUT2D eigenvalue weighted by atomic mass is 32.1. The van der Waals surface area contributed by atoms with Gasteiger partial charge in [0.25, 0.3) is 5.91 Å². The van der Waals surface area contributed by atoms with Gasteiger partial charge in [0.1, 0.15) is 10.8 Å². The van der Waals surface area contributed by atoms with Crippen LogP contribution in [-0.4, -0.2) is 33.1 Å². The Morgan fingerprint density at radius 1 is 1.32 bits per heavy atom. The lowest BCUT2D eigenvalue weighted by Gasteiger charge is -2.26. The molecule has 1 saturated carbocycles. The summed E-state index contributed by atoms with van der Waals surface area (Å²) in [4.78, 5) is 21.0. The Morgan fingerprint density at radius 2 is 2.12 bits per heavy atom. The standard InChI is InChI=1S/C18H24N4O2S/c1-2-13-11-25-17(22-13)10-20-18(24)12-3-8-16(19-9-12)21-14-4-6-15(23)7-5-14/h3,8-9,11,14-15,23H,2,4-7,10H2,1H3,(H,19,21)(H,20,24). The number of amides is 1. The lowest BCUT2D eigenvalue weighted by Crippen LogP contribution is -2.28. The molecule has 0 aromatic carbocycles. The molecule has 3 N–H and O–H groups in total. The monoisotopic (exact) mass is 360 g/mol. The van der Waals surface area contributed by atoms with E-state index in [1.807, 2.05) is 11.4 Å². The van der Waals surface area contributed by atoms with Gasteiger partial charge in [0, 0.05) is 17.6 Å². The summed E-state index contributed by atoms with van der Waals surface area (Å²) in [6, 6.07) is 3.95. The molecule has 134 valence electrons. The van der Waals surface area contributed by atoms with E-state index in [1.54, 1.807) is 23.6 Å². The Kier molecular flexibility index (Phi) is 5.99. The summed E-state index contributed by atoms with van der Waals surface area (Å²) < 4.78 is 0. The predicted octanol–water partition coefficient (Wildman–Crippen LogP) is 2.75. The zero-order chi connectivity index (χ0) is 17.6. The van der Waals surface area contributed by atoms with Crippen molar-refractivity contribution in [1.29, 1.82) is 0 Å². The highest BCUT2D eigenvalue weighted by molar-refractivity contribution is 7.09. The molecule has 3 rings (SSSR count). The molecule has 2 heterocycles. The first-order valence-electron chi connectivity index (χ1n) is 8.76. The van der Waals surface area contributed by atoms with Crippen LogP contribution in [0.1, 0.15) is 53.7 Å². The summed E-state index contributed by atoms with van der Waals surface area (Å²) in [5, 5.41) is 18.7. The van der Waals surface area contributed by atoms with Gasteiger partial charge in [-0.15, -0.1) is 11.3 Å². The van der Waals surface area contributed by atoms with Crippen LogP contribution in [0.2, 0.25) is 0 Å². The number of aliphatic hydroxyl groups excluding tert-OH is 1. The van der Waals surface area contributed by atoms with Crippen LogP contribution in [0, 0.1) is 0 Å². The third kappa shape index (κ3) is 4.99. The number of hydrogen-bond acceptors (Lipinski definition) is 6. The highest BCUT2D eigenvalue weighted by Gasteiger charge is 2.19. The van der Waals surface area contributed by atoms with Crippen molar-refractivity contribution < 1.29 is 9.90 Å². The maximum Gasteiger partial charge on any atom is 0.253 e. The number of aliphatic hydroxyl groups is 1. The summed E-state index contributed by atoms with van der Waals surface area (Å²) in [5.74, 6) is 0.624. The molecular weight excluding hydrogens is 336 g/mol. The molecule has 0 radical (unpaired) electrons. The van der Waals surface area contributed by atoms with Crippen molar-refractivity contribution in [3.8, 4) is 0 Å². The summed E-state index contributed by atoms with van der Waals surface area (Å²) in [5.41, 5.74) is 1.60. The zero-order valence-corrected chi connectivity index (χ0v) is 15.2. The second kappa shape index (κ2) is 8.40. The van der Waals surface area contributed by atoms with Gasteiger partial charge in [0.05, 0.1) is 23.9 Å². The SMILES string of the molecule is CCc1csc(CNC(=O)c2ccc(NC3CCC(O)CC3)nc2)n1. The van der Waals surface area contributed by atoms with Gasteiger partial charge in [0.2, 0.25) is 0 Å². The van der Waals surface area contributed by atoms with Gasteiger partial charge in [-0.3, -0.25) is 4.79 Å². The molecule has 2 aromatic heterocycles. The number of aryl methyl sites for hydroxylation is 1. The number of carbonyl (C=O) groups excluding carboxylic acids is 1. The molecule has 0 unspecified atom stereocenters. The van der Waals surface area contributed by atoms with Crippen LogP contribution in [0.4, 0.5) is 5.82 Å². The van der Waals surface area contributed by atoms with Crippen LogP contribution in [0.5, 0.6) is 0 Å². The van der Waals surface area contributed by atoms with E-state index in [-0.39, 0.29) is 12.0 Å². The topological polar surface area (TPSA) is 87.1 Å². The minimum atomic E-state index is -0.164. The fourth-order valence-corrected chi connectivity index (χ4v) is 3.71. The van der Waals surface area contributed by atoms with Crippen molar-refractivity contribution in [2.24, 2.45) is 0 Å². The number of anilines is 1. The average molecular weight is 360 g/mol. The number of thiazole rings is 1. The number of nitrogens with zero attached hydrogens (tertiary/aromatic N) is 2. The van der Waals surface area contributed by atoms with Crippen molar-refractivity contribution in [2.45, 2.75) is 57.7 Å². The quantitative estimate of drug-likeness (QED) is 0.737. The Balaban J connectivity index is 1.50. The Labute approximate surface area is 151 Å². The smallest absolute Gasteiger partial charge is 0.253 e. The van der Waals surface area contributed by atoms with Crippen LogP contribution in [0.3, 0.4) is 0 Å². The van der Waals surface area contributed by atoms with Crippen LogP contribution >= 0.6 is 11.3 Å². The molecule has 0 saturated heterocycles. The molecule has 0 aliphatic heterocycles. The summed E-state index contributed by atoms with van der Waals surface area (Å²) in [7, 11) is 0. The van der Waals surface area contributed by atoms with Gasteiger partial charge in [0.15, 0.2) is 0 Å². The number of carbonyl (C=O) groups is 1. The summed E-state index contributed by atoms with van der Waals surface area (Å²) in [6.07, 6.45) is 5.88. The fourth-order valence-electron chi connectivity index (χ4n) is 2.89. The molecular formula is C18H24N4O2S. The lowest BCUT2D eigenvalue weighted by molar-refractivity contribution is 0.0950. The Hall–Kier alpha value is -1.99. The van der Waals surface area contributed by atoms with Gasteiger partial charge in [-0.05, 0) is 44.2 Å². The zero-order valence-electron chi connectivity index (χ0n) is 14.4. The van der Waals surface area contributed by atoms with Crippen molar-refractivity contribution in [2.75, 3.05) is 5.32 Å². The maximum atomic E-state index is 12.2. The van der Waals surface area contributed by atoms with E-state index >= 15 is 0 Å². The third-order valence-corrected chi connectivity index (χ3v) is 5.33. The molecule has 6 nitrogen and oxygen atoms in total. The van der Waals surface area contributed by atoms with Gasteiger partial charge < -0.3 is 15.7 Å². The normalized spacial score (nSPS) is 20.2. The average Bonchev–Trinajstić information content (AvgIpc) is 3.10. The van der Waals surface area contributed by atoms with E-state index in [9.17, 15) is 9.90 Å². The summed E-state index contributed by atoms with van der Waals surface area (Å²) >= 11 is 1.56. The number of aromatic nitrogens is 2. The van der Waals surface area contributed by atoms with Crippen molar-refractivity contribution >= 4 is 23.1 Å². The first-order chi connectivity index (χ1) is 12.1.